The summed E-state index contributed by atoms with van der Waals surface area (Å²) in [5, 5.41) is 0.746. The van der Waals surface area contributed by atoms with Gasteiger partial charge in [-0.1, -0.05) is 42.0 Å². The minimum atomic E-state index is 0.246. The van der Waals surface area contributed by atoms with Crippen LogP contribution in [0.2, 0.25) is 5.02 Å². The van der Waals surface area contributed by atoms with Crippen LogP contribution >= 0.6 is 11.6 Å². The molecule has 3 rings (SSSR count). The topological polar surface area (TPSA) is 23.6 Å². The lowest BCUT2D eigenvalue weighted by Gasteiger charge is -2.27. The molecule has 1 atom stereocenters. The third-order valence-electron chi connectivity index (χ3n) is 4.89. The molecular weight excluding hydrogens is 308 g/mol. The van der Waals surface area contributed by atoms with Gasteiger partial charge in [0.15, 0.2) is 0 Å². The Balaban J connectivity index is 1.56. The lowest BCUT2D eigenvalue weighted by Crippen LogP contribution is -2.35. The zero-order valence-electron chi connectivity index (χ0n) is 13.6. The van der Waals surface area contributed by atoms with E-state index in [9.17, 15) is 4.79 Å². The largest absolute Gasteiger partial charge is 0.337 e. The quantitative estimate of drug-likeness (QED) is 0.784. The Kier molecular flexibility index (Phi) is 5.74. The molecule has 4 heteroatoms. The fraction of sp³-hybridized carbons (Fsp3) is 0.526. The standard InChI is InChI=1S/C19H25ClN2O/c20-18-9-5-4-8-17(18)15-22-13-12-21(11-10-19(22)23)14-16-6-2-1-3-7-16/h1-2,4-5,8-9,16H,3,6-7,10-15H2/t16-/m0/s1. The van der Waals surface area contributed by atoms with Crippen molar-refractivity contribution in [3.8, 4) is 0 Å². The summed E-state index contributed by atoms with van der Waals surface area (Å²) in [6, 6.07) is 7.80. The van der Waals surface area contributed by atoms with E-state index in [-0.39, 0.29) is 5.91 Å². The second kappa shape index (κ2) is 7.98. The van der Waals surface area contributed by atoms with Gasteiger partial charge in [-0.3, -0.25) is 4.79 Å². The molecule has 3 nitrogen and oxygen atoms in total. The van der Waals surface area contributed by atoms with Gasteiger partial charge < -0.3 is 9.80 Å². The van der Waals surface area contributed by atoms with Gasteiger partial charge in [-0.25, -0.2) is 0 Å². The average Bonchev–Trinajstić information content (AvgIpc) is 2.74. The molecule has 0 N–H and O–H groups in total. The number of benzene rings is 1. The molecule has 0 radical (unpaired) electrons. The van der Waals surface area contributed by atoms with Crippen molar-refractivity contribution in [1.82, 2.24) is 9.80 Å². The molecule has 1 heterocycles. The van der Waals surface area contributed by atoms with Crippen LogP contribution in [0.3, 0.4) is 0 Å². The Morgan fingerprint density at radius 1 is 1.13 bits per heavy atom. The molecule has 23 heavy (non-hydrogen) atoms. The number of nitrogens with zero attached hydrogens (tertiary/aromatic N) is 2. The van der Waals surface area contributed by atoms with Crippen LogP contribution < -0.4 is 0 Å². The van der Waals surface area contributed by atoms with Crippen LogP contribution in [0.25, 0.3) is 0 Å². The molecule has 1 saturated heterocycles. The molecule has 1 fully saturated rings. The molecule has 1 aromatic rings. The summed E-state index contributed by atoms with van der Waals surface area (Å²) >= 11 is 6.23. The normalized spacial score (nSPS) is 23.1. The van der Waals surface area contributed by atoms with Crippen molar-refractivity contribution in [1.29, 1.82) is 0 Å². The summed E-state index contributed by atoms with van der Waals surface area (Å²) in [5.74, 6) is 1.00. The summed E-state index contributed by atoms with van der Waals surface area (Å²) in [5.41, 5.74) is 1.04. The predicted molar refractivity (Wildman–Crippen MR) is 94.4 cm³/mol. The van der Waals surface area contributed by atoms with E-state index in [0.29, 0.717) is 13.0 Å². The number of rotatable bonds is 4. The van der Waals surface area contributed by atoms with E-state index in [1.807, 2.05) is 29.2 Å². The first kappa shape index (κ1) is 16.5. The Hall–Kier alpha value is -1.32. The van der Waals surface area contributed by atoms with Crippen LogP contribution in [0.15, 0.2) is 36.4 Å². The number of hydrogen-bond acceptors (Lipinski definition) is 2. The van der Waals surface area contributed by atoms with E-state index in [1.54, 1.807) is 0 Å². The maximum Gasteiger partial charge on any atom is 0.224 e. The second-order valence-corrected chi connectivity index (χ2v) is 7.01. The third kappa shape index (κ3) is 4.58. The first-order valence-electron chi connectivity index (χ1n) is 8.61. The predicted octanol–water partition coefficient (Wildman–Crippen LogP) is 3.73. The zero-order valence-corrected chi connectivity index (χ0v) is 14.3. The van der Waals surface area contributed by atoms with Gasteiger partial charge in [0, 0.05) is 44.2 Å². The van der Waals surface area contributed by atoms with Gasteiger partial charge in [0.1, 0.15) is 0 Å². The van der Waals surface area contributed by atoms with Crippen molar-refractivity contribution in [2.75, 3.05) is 26.2 Å². The molecule has 0 bridgehead atoms. The molecule has 1 amide bonds. The molecule has 2 aliphatic rings. The number of carbonyl (C=O) groups excluding carboxylic acids is 1. The number of halogens is 1. The first-order chi connectivity index (χ1) is 11.2. The Morgan fingerprint density at radius 2 is 2.00 bits per heavy atom. The molecule has 1 aromatic carbocycles. The maximum atomic E-state index is 12.4. The van der Waals surface area contributed by atoms with Gasteiger partial charge >= 0.3 is 0 Å². The average molecular weight is 333 g/mol. The van der Waals surface area contributed by atoms with Gasteiger partial charge in [-0.2, -0.15) is 0 Å². The van der Waals surface area contributed by atoms with Crippen LogP contribution in [0.1, 0.15) is 31.2 Å². The fourth-order valence-corrected chi connectivity index (χ4v) is 3.68. The van der Waals surface area contributed by atoms with E-state index in [1.165, 1.54) is 19.3 Å². The second-order valence-electron chi connectivity index (χ2n) is 6.61. The highest BCUT2D eigenvalue weighted by molar-refractivity contribution is 6.31. The van der Waals surface area contributed by atoms with Crippen molar-refractivity contribution >= 4 is 17.5 Å². The highest BCUT2D eigenvalue weighted by Gasteiger charge is 2.23. The van der Waals surface area contributed by atoms with Crippen LogP contribution in [0.5, 0.6) is 0 Å². The summed E-state index contributed by atoms with van der Waals surface area (Å²) < 4.78 is 0. The number of carbonyl (C=O) groups is 1. The molecule has 124 valence electrons. The molecule has 1 aliphatic heterocycles. The lowest BCUT2D eigenvalue weighted by atomic mass is 9.94. The highest BCUT2D eigenvalue weighted by atomic mass is 35.5. The summed E-state index contributed by atoms with van der Waals surface area (Å²) in [6.07, 6.45) is 8.88. The highest BCUT2D eigenvalue weighted by Crippen LogP contribution is 2.21. The summed E-state index contributed by atoms with van der Waals surface area (Å²) in [7, 11) is 0. The Bertz CT molecular complexity index is 572. The summed E-state index contributed by atoms with van der Waals surface area (Å²) in [6.45, 7) is 4.40. The number of amides is 1. The lowest BCUT2D eigenvalue weighted by molar-refractivity contribution is -0.130. The minimum Gasteiger partial charge on any atom is -0.337 e. The molecular formula is C19H25ClN2O. The van der Waals surface area contributed by atoms with Crippen LogP contribution in [0.4, 0.5) is 0 Å². The van der Waals surface area contributed by atoms with Gasteiger partial charge in [-0.05, 0) is 36.8 Å². The molecule has 1 aliphatic carbocycles. The van der Waals surface area contributed by atoms with Crippen LogP contribution in [0, 0.1) is 5.92 Å². The van der Waals surface area contributed by atoms with E-state index >= 15 is 0 Å². The monoisotopic (exact) mass is 332 g/mol. The van der Waals surface area contributed by atoms with E-state index in [2.05, 4.69) is 17.1 Å². The maximum absolute atomic E-state index is 12.4. The van der Waals surface area contributed by atoms with Crippen molar-refractivity contribution in [2.24, 2.45) is 5.92 Å². The zero-order chi connectivity index (χ0) is 16.1. The van der Waals surface area contributed by atoms with E-state index < -0.39 is 0 Å². The smallest absolute Gasteiger partial charge is 0.224 e. The Morgan fingerprint density at radius 3 is 2.78 bits per heavy atom. The first-order valence-corrected chi connectivity index (χ1v) is 8.98. The van der Waals surface area contributed by atoms with Crippen molar-refractivity contribution in [3.05, 3.63) is 47.0 Å². The van der Waals surface area contributed by atoms with Gasteiger partial charge in [0.25, 0.3) is 0 Å². The van der Waals surface area contributed by atoms with Gasteiger partial charge in [0.05, 0.1) is 0 Å². The molecule has 0 aromatic heterocycles. The molecule has 0 spiro atoms. The SMILES string of the molecule is O=C1CCN(C[C@H]2CC=CCC2)CCN1Cc1ccccc1Cl. The van der Waals surface area contributed by atoms with E-state index in [0.717, 1.165) is 42.7 Å². The van der Waals surface area contributed by atoms with Crippen molar-refractivity contribution < 1.29 is 4.79 Å². The molecule has 0 saturated carbocycles. The van der Waals surface area contributed by atoms with E-state index in [4.69, 9.17) is 11.6 Å². The number of allylic oxidation sites excluding steroid dienone is 2. The van der Waals surface area contributed by atoms with Crippen LogP contribution in [-0.2, 0) is 11.3 Å². The number of hydrogen-bond donors (Lipinski definition) is 0. The van der Waals surface area contributed by atoms with Gasteiger partial charge in [-0.15, -0.1) is 0 Å². The van der Waals surface area contributed by atoms with Crippen molar-refractivity contribution in [2.45, 2.75) is 32.2 Å². The van der Waals surface area contributed by atoms with Gasteiger partial charge in [0.2, 0.25) is 5.91 Å². The Labute approximate surface area is 143 Å². The molecule has 0 unspecified atom stereocenters. The van der Waals surface area contributed by atoms with Crippen LogP contribution in [-0.4, -0.2) is 41.9 Å². The van der Waals surface area contributed by atoms with Crippen molar-refractivity contribution in [3.63, 3.8) is 0 Å². The minimum absolute atomic E-state index is 0.246. The third-order valence-corrected chi connectivity index (χ3v) is 5.26. The fourth-order valence-electron chi connectivity index (χ4n) is 3.48. The summed E-state index contributed by atoms with van der Waals surface area (Å²) in [4.78, 5) is 16.8.